The van der Waals surface area contributed by atoms with Gasteiger partial charge in [-0.3, -0.25) is 14.6 Å². The first-order valence-electron chi connectivity index (χ1n) is 9.41. The zero-order valence-corrected chi connectivity index (χ0v) is 16.4. The molecular weight excluding hydrogens is 356 g/mol. The number of likely N-dealkylation sites (N-methyl/N-ethyl adjacent to an activating group) is 1. The second kappa shape index (κ2) is 9.21. The van der Waals surface area contributed by atoms with Crippen LogP contribution >= 0.6 is 0 Å². The number of piperazine rings is 1. The SMILES string of the molecule is COc1ccccc1N1CCN(C(=O)C(=O)N(C)CCc2ccncc2)CC1. The van der Waals surface area contributed by atoms with Gasteiger partial charge < -0.3 is 19.4 Å². The molecule has 2 aromatic rings. The van der Waals surface area contributed by atoms with Crippen LogP contribution in [0, 0.1) is 0 Å². The second-order valence-corrected chi connectivity index (χ2v) is 6.78. The summed E-state index contributed by atoms with van der Waals surface area (Å²) in [6, 6.07) is 11.7. The number of hydrogen-bond acceptors (Lipinski definition) is 5. The van der Waals surface area contributed by atoms with E-state index in [2.05, 4.69) is 9.88 Å². The first-order valence-corrected chi connectivity index (χ1v) is 9.41. The van der Waals surface area contributed by atoms with Crippen LogP contribution in [-0.4, -0.2) is 73.5 Å². The van der Waals surface area contributed by atoms with Crippen LogP contribution in [0.4, 0.5) is 5.69 Å². The fourth-order valence-corrected chi connectivity index (χ4v) is 3.29. The Balaban J connectivity index is 1.52. The number of amides is 2. The molecule has 0 unspecified atom stereocenters. The number of benzene rings is 1. The van der Waals surface area contributed by atoms with Crippen molar-refractivity contribution in [3.8, 4) is 5.75 Å². The molecule has 2 heterocycles. The Kier molecular flexibility index (Phi) is 6.47. The topological polar surface area (TPSA) is 66.0 Å². The van der Waals surface area contributed by atoms with E-state index >= 15 is 0 Å². The van der Waals surface area contributed by atoms with Gasteiger partial charge in [0.05, 0.1) is 12.8 Å². The van der Waals surface area contributed by atoms with Crippen molar-refractivity contribution in [2.75, 3.05) is 51.8 Å². The van der Waals surface area contributed by atoms with E-state index in [0.717, 1.165) is 17.0 Å². The lowest BCUT2D eigenvalue weighted by Crippen LogP contribution is -2.53. The summed E-state index contributed by atoms with van der Waals surface area (Å²) in [6.45, 7) is 2.86. The molecule has 0 N–H and O–H groups in total. The van der Waals surface area contributed by atoms with Crippen molar-refractivity contribution in [2.45, 2.75) is 6.42 Å². The van der Waals surface area contributed by atoms with Gasteiger partial charge in [-0.15, -0.1) is 0 Å². The van der Waals surface area contributed by atoms with Crippen molar-refractivity contribution in [3.05, 3.63) is 54.4 Å². The fourth-order valence-electron chi connectivity index (χ4n) is 3.29. The van der Waals surface area contributed by atoms with E-state index in [1.165, 1.54) is 4.90 Å². The molecule has 0 atom stereocenters. The smallest absolute Gasteiger partial charge is 0.312 e. The predicted octanol–water partition coefficient (Wildman–Crippen LogP) is 1.44. The van der Waals surface area contributed by atoms with E-state index in [0.29, 0.717) is 39.1 Å². The number of ether oxygens (including phenoxy) is 1. The monoisotopic (exact) mass is 382 g/mol. The molecule has 0 saturated carbocycles. The lowest BCUT2D eigenvalue weighted by atomic mass is 10.2. The number of pyridine rings is 1. The Hall–Kier alpha value is -3.09. The van der Waals surface area contributed by atoms with E-state index in [-0.39, 0.29) is 0 Å². The number of carbonyl (C=O) groups is 2. The molecule has 2 amide bonds. The van der Waals surface area contributed by atoms with E-state index in [1.54, 1.807) is 31.5 Å². The normalized spacial score (nSPS) is 13.9. The quantitative estimate of drug-likeness (QED) is 0.732. The molecule has 1 aromatic heterocycles. The summed E-state index contributed by atoms with van der Waals surface area (Å²) in [4.78, 5) is 34.4. The molecule has 1 fully saturated rings. The third-order valence-corrected chi connectivity index (χ3v) is 5.01. The number of nitrogens with zero attached hydrogens (tertiary/aromatic N) is 4. The van der Waals surface area contributed by atoms with Crippen molar-refractivity contribution >= 4 is 17.5 Å². The van der Waals surface area contributed by atoms with Gasteiger partial charge >= 0.3 is 11.8 Å². The maximum Gasteiger partial charge on any atom is 0.312 e. The van der Waals surface area contributed by atoms with Gasteiger partial charge in [-0.05, 0) is 36.2 Å². The van der Waals surface area contributed by atoms with Crippen LogP contribution in [0.25, 0.3) is 0 Å². The van der Waals surface area contributed by atoms with Crippen molar-refractivity contribution < 1.29 is 14.3 Å². The molecule has 7 heteroatoms. The summed E-state index contributed by atoms with van der Waals surface area (Å²) in [7, 11) is 3.32. The van der Waals surface area contributed by atoms with Crippen LogP contribution < -0.4 is 9.64 Å². The summed E-state index contributed by atoms with van der Waals surface area (Å²) in [5.74, 6) is -0.0779. The number of aromatic nitrogens is 1. The van der Waals surface area contributed by atoms with Gasteiger partial charge in [-0.2, -0.15) is 0 Å². The van der Waals surface area contributed by atoms with Crippen molar-refractivity contribution in [1.82, 2.24) is 14.8 Å². The van der Waals surface area contributed by atoms with Crippen molar-refractivity contribution in [1.29, 1.82) is 0 Å². The first kappa shape index (κ1) is 19.7. The molecule has 1 aliphatic heterocycles. The van der Waals surface area contributed by atoms with Gasteiger partial charge in [0.2, 0.25) is 0 Å². The van der Waals surface area contributed by atoms with Gasteiger partial charge in [-0.1, -0.05) is 12.1 Å². The lowest BCUT2D eigenvalue weighted by molar-refractivity contribution is -0.151. The summed E-state index contributed by atoms with van der Waals surface area (Å²) >= 11 is 0. The maximum absolute atomic E-state index is 12.6. The van der Waals surface area contributed by atoms with Gasteiger partial charge in [-0.25, -0.2) is 0 Å². The molecule has 7 nitrogen and oxygen atoms in total. The Morgan fingerprint density at radius 3 is 2.43 bits per heavy atom. The number of anilines is 1. The van der Waals surface area contributed by atoms with Crippen LogP contribution in [0.3, 0.4) is 0 Å². The minimum absolute atomic E-state index is 0.433. The van der Waals surface area contributed by atoms with E-state index in [4.69, 9.17) is 4.74 Å². The Morgan fingerprint density at radius 1 is 1.07 bits per heavy atom. The minimum atomic E-state index is -0.459. The number of methoxy groups -OCH3 is 1. The average Bonchev–Trinajstić information content (AvgIpc) is 2.77. The van der Waals surface area contributed by atoms with Gasteiger partial charge in [0.1, 0.15) is 5.75 Å². The molecule has 1 aliphatic rings. The fraction of sp³-hybridized carbons (Fsp3) is 0.381. The molecule has 0 bridgehead atoms. The minimum Gasteiger partial charge on any atom is -0.495 e. The highest BCUT2D eigenvalue weighted by Crippen LogP contribution is 2.28. The van der Waals surface area contributed by atoms with Crippen LogP contribution in [0.1, 0.15) is 5.56 Å². The van der Waals surface area contributed by atoms with E-state index in [1.807, 2.05) is 36.4 Å². The van der Waals surface area contributed by atoms with Crippen LogP contribution in [-0.2, 0) is 16.0 Å². The largest absolute Gasteiger partial charge is 0.495 e. The predicted molar refractivity (Wildman–Crippen MR) is 107 cm³/mol. The molecule has 3 rings (SSSR count). The molecule has 1 aromatic carbocycles. The summed E-state index contributed by atoms with van der Waals surface area (Å²) in [6.07, 6.45) is 4.15. The molecule has 1 saturated heterocycles. The zero-order valence-electron chi connectivity index (χ0n) is 16.4. The van der Waals surface area contributed by atoms with Crippen LogP contribution in [0.2, 0.25) is 0 Å². The third-order valence-electron chi connectivity index (χ3n) is 5.01. The third kappa shape index (κ3) is 4.60. The zero-order chi connectivity index (χ0) is 19.9. The molecule has 0 radical (unpaired) electrons. The molecule has 0 aliphatic carbocycles. The molecule has 28 heavy (non-hydrogen) atoms. The number of rotatable bonds is 5. The molecular formula is C21H26N4O3. The van der Waals surface area contributed by atoms with Crippen molar-refractivity contribution in [2.24, 2.45) is 0 Å². The molecule has 0 spiro atoms. The standard InChI is InChI=1S/C21H26N4O3/c1-23(12-9-17-7-10-22-11-8-17)20(26)21(27)25-15-13-24(14-16-25)18-5-3-4-6-19(18)28-2/h3-8,10-11H,9,12-16H2,1-2H3. The van der Waals surface area contributed by atoms with Gasteiger partial charge in [0.25, 0.3) is 0 Å². The molecule has 148 valence electrons. The number of hydrogen-bond donors (Lipinski definition) is 0. The Labute approximate surface area is 165 Å². The lowest BCUT2D eigenvalue weighted by Gasteiger charge is -2.36. The maximum atomic E-state index is 12.6. The van der Waals surface area contributed by atoms with Gasteiger partial charge in [0.15, 0.2) is 0 Å². The van der Waals surface area contributed by atoms with Gasteiger partial charge in [0, 0.05) is 52.2 Å². The number of para-hydroxylation sites is 2. The van der Waals surface area contributed by atoms with Crippen LogP contribution in [0.5, 0.6) is 5.75 Å². The average molecular weight is 382 g/mol. The Bertz CT molecular complexity index is 804. The summed E-state index contributed by atoms with van der Waals surface area (Å²) < 4.78 is 5.42. The Morgan fingerprint density at radius 2 is 1.75 bits per heavy atom. The summed E-state index contributed by atoms with van der Waals surface area (Å²) in [5, 5.41) is 0. The van der Waals surface area contributed by atoms with Crippen molar-refractivity contribution in [3.63, 3.8) is 0 Å². The van der Waals surface area contributed by atoms with E-state index in [9.17, 15) is 9.59 Å². The summed E-state index contributed by atoms with van der Waals surface area (Å²) in [5.41, 5.74) is 2.10. The highest BCUT2D eigenvalue weighted by atomic mass is 16.5. The first-order chi connectivity index (χ1) is 13.6. The van der Waals surface area contributed by atoms with E-state index < -0.39 is 11.8 Å². The highest BCUT2D eigenvalue weighted by molar-refractivity contribution is 6.34. The van der Waals surface area contributed by atoms with Crippen LogP contribution in [0.15, 0.2) is 48.8 Å². The number of carbonyl (C=O) groups excluding carboxylic acids is 2. The highest BCUT2D eigenvalue weighted by Gasteiger charge is 2.28. The second-order valence-electron chi connectivity index (χ2n) is 6.78.